The first-order chi connectivity index (χ1) is 19.0. The highest BCUT2D eigenvalue weighted by molar-refractivity contribution is 5.69. The molecule has 0 aromatic carbocycles. The minimum absolute atomic E-state index is 0.282. The Kier molecular flexibility index (Phi) is 17.7. The molecule has 0 atom stereocenters. The summed E-state index contributed by atoms with van der Waals surface area (Å²) in [5, 5.41) is 6.65. The van der Waals surface area contributed by atoms with Crippen molar-refractivity contribution < 1.29 is 19.1 Å². The number of alkyl carbamates (subject to hydrolysis) is 2. The molecule has 39 heavy (non-hydrogen) atoms. The number of nitrogens with one attached hydrogen (secondary N) is 2. The van der Waals surface area contributed by atoms with Gasteiger partial charge in [-0.05, 0) is 44.9 Å². The lowest BCUT2D eigenvalue weighted by atomic mass is 9.68. The lowest BCUT2D eigenvalue weighted by Gasteiger charge is -2.47. The van der Waals surface area contributed by atoms with Gasteiger partial charge in [0.15, 0.2) is 0 Å². The zero-order valence-electron chi connectivity index (χ0n) is 25.7. The van der Waals surface area contributed by atoms with Gasteiger partial charge in [0.05, 0.1) is 13.2 Å². The Hall–Kier alpha value is -1.46. The van der Waals surface area contributed by atoms with Crippen LogP contribution in [0.15, 0.2) is 0 Å². The van der Waals surface area contributed by atoms with Gasteiger partial charge in [0, 0.05) is 11.1 Å². The maximum Gasteiger partial charge on any atom is 0.407 e. The van der Waals surface area contributed by atoms with E-state index in [0.29, 0.717) is 13.2 Å². The zero-order chi connectivity index (χ0) is 28.1. The molecule has 2 aliphatic carbocycles. The second-order valence-electron chi connectivity index (χ2n) is 12.6. The van der Waals surface area contributed by atoms with E-state index in [9.17, 15) is 9.59 Å². The van der Waals surface area contributed by atoms with Gasteiger partial charge in [0.25, 0.3) is 0 Å². The maximum absolute atomic E-state index is 12.9. The number of hydrogen-bond acceptors (Lipinski definition) is 4. The van der Waals surface area contributed by atoms with Crippen LogP contribution in [0, 0.1) is 0 Å². The number of unbranched alkanes of at least 4 members (excludes halogenated alkanes) is 12. The third-order valence-corrected chi connectivity index (χ3v) is 8.99. The molecule has 2 N–H and O–H groups in total. The van der Waals surface area contributed by atoms with E-state index in [2.05, 4.69) is 24.5 Å². The van der Waals surface area contributed by atoms with E-state index < -0.39 is 0 Å². The van der Waals surface area contributed by atoms with Crippen LogP contribution < -0.4 is 10.6 Å². The van der Waals surface area contributed by atoms with Crippen molar-refractivity contribution in [2.75, 3.05) is 13.2 Å². The Labute approximate surface area is 240 Å². The van der Waals surface area contributed by atoms with E-state index >= 15 is 0 Å². The van der Waals surface area contributed by atoms with Crippen LogP contribution in [0.2, 0.25) is 0 Å². The molecule has 0 heterocycles. The summed E-state index contributed by atoms with van der Waals surface area (Å²) in [6.45, 7) is 5.46. The molecular weight excluding hydrogens is 488 g/mol. The molecule has 0 saturated heterocycles. The average molecular weight is 551 g/mol. The Bertz CT molecular complexity index is 588. The summed E-state index contributed by atoms with van der Waals surface area (Å²) >= 11 is 0. The highest BCUT2D eigenvalue weighted by Crippen LogP contribution is 2.41. The molecule has 2 amide bonds. The summed E-state index contributed by atoms with van der Waals surface area (Å²) in [4.78, 5) is 25.8. The van der Waals surface area contributed by atoms with Gasteiger partial charge in [-0.3, -0.25) is 0 Å². The molecule has 0 aromatic rings. The van der Waals surface area contributed by atoms with Gasteiger partial charge in [-0.15, -0.1) is 0 Å². The molecule has 0 aromatic heterocycles. The number of rotatable bonds is 20. The molecule has 2 rings (SSSR count). The van der Waals surface area contributed by atoms with E-state index in [1.54, 1.807) is 0 Å². The Balaban J connectivity index is 1.82. The van der Waals surface area contributed by atoms with Crippen LogP contribution in [-0.4, -0.2) is 36.5 Å². The first-order valence-electron chi connectivity index (χ1n) is 16.9. The highest BCUT2D eigenvalue weighted by Gasteiger charge is 2.44. The maximum atomic E-state index is 12.9. The van der Waals surface area contributed by atoms with Gasteiger partial charge in [-0.1, -0.05) is 129 Å². The van der Waals surface area contributed by atoms with Crippen LogP contribution in [-0.2, 0) is 9.47 Å². The van der Waals surface area contributed by atoms with Crippen LogP contribution >= 0.6 is 0 Å². The lowest BCUT2D eigenvalue weighted by molar-refractivity contribution is 0.0827. The van der Waals surface area contributed by atoms with Crippen LogP contribution in [0.1, 0.15) is 174 Å². The topological polar surface area (TPSA) is 76.7 Å². The average Bonchev–Trinajstić information content (AvgIpc) is 2.92. The molecule has 0 radical (unpaired) electrons. The summed E-state index contributed by atoms with van der Waals surface area (Å²) < 4.78 is 11.3. The van der Waals surface area contributed by atoms with E-state index in [0.717, 1.165) is 83.5 Å². The van der Waals surface area contributed by atoms with E-state index in [1.165, 1.54) is 77.0 Å². The fourth-order valence-electron chi connectivity index (χ4n) is 6.75. The largest absolute Gasteiger partial charge is 0.450 e. The summed E-state index contributed by atoms with van der Waals surface area (Å²) in [6.07, 6.45) is 27.8. The monoisotopic (exact) mass is 550 g/mol. The van der Waals surface area contributed by atoms with Crippen molar-refractivity contribution in [3.05, 3.63) is 0 Å². The Morgan fingerprint density at radius 3 is 1.21 bits per heavy atom. The van der Waals surface area contributed by atoms with Crippen LogP contribution in [0.3, 0.4) is 0 Å². The fraction of sp³-hybridized carbons (Fsp3) is 0.939. The second-order valence-corrected chi connectivity index (χ2v) is 12.6. The van der Waals surface area contributed by atoms with E-state index in [1.807, 2.05) is 0 Å². The first-order valence-corrected chi connectivity index (χ1v) is 16.9. The van der Waals surface area contributed by atoms with Gasteiger partial charge in [0.1, 0.15) is 0 Å². The standard InChI is InChI=1S/C33H62N2O4/c1-3-5-7-9-11-13-21-27-38-30(36)34-32(23-17-15-18-24-32)29-33(25-19-16-20-26-33)35-31(37)39-28-22-14-12-10-8-6-4-2/h3-29H2,1-2H3,(H,34,36)(H,35,37). The van der Waals surface area contributed by atoms with Crippen molar-refractivity contribution in [1.29, 1.82) is 0 Å². The smallest absolute Gasteiger partial charge is 0.407 e. The quantitative estimate of drug-likeness (QED) is 0.148. The van der Waals surface area contributed by atoms with Gasteiger partial charge >= 0.3 is 12.2 Å². The molecule has 6 heteroatoms. The Morgan fingerprint density at radius 1 is 0.513 bits per heavy atom. The van der Waals surface area contributed by atoms with Crippen molar-refractivity contribution in [1.82, 2.24) is 10.6 Å². The predicted octanol–water partition coefficient (Wildman–Crippen LogP) is 9.74. The molecule has 2 aliphatic rings. The van der Waals surface area contributed by atoms with Crippen molar-refractivity contribution in [3.63, 3.8) is 0 Å². The minimum atomic E-state index is -0.307. The predicted molar refractivity (Wildman–Crippen MR) is 161 cm³/mol. The summed E-state index contributed by atoms with van der Waals surface area (Å²) in [5.74, 6) is 0. The van der Waals surface area contributed by atoms with Crippen molar-refractivity contribution in [3.8, 4) is 0 Å². The van der Waals surface area contributed by atoms with Crippen LogP contribution in [0.25, 0.3) is 0 Å². The molecule has 0 aliphatic heterocycles. The van der Waals surface area contributed by atoms with Crippen molar-refractivity contribution >= 4 is 12.2 Å². The molecule has 0 bridgehead atoms. The normalized spacial score (nSPS) is 18.3. The SMILES string of the molecule is CCCCCCCCCOC(=O)NC1(CC2(NC(=O)OCCCCCCCCC)CCCCC2)CCCCC1. The number of amides is 2. The summed E-state index contributed by atoms with van der Waals surface area (Å²) in [5.41, 5.74) is -0.614. The molecular formula is C33H62N2O4. The second kappa shape index (κ2) is 20.4. The summed E-state index contributed by atoms with van der Waals surface area (Å²) in [7, 11) is 0. The van der Waals surface area contributed by atoms with E-state index in [4.69, 9.17) is 9.47 Å². The van der Waals surface area contributed by atoms with Crippen molar-refractivity contribution in [2.24, 2.45) is 0 Å². The van der Waals surface area contributed by atoms with Crippen LogP contribution in [0.4, 0.5) is 9.59 Å². The molecule has 6 nitrogen and oxygen atoms in total. The molecule has 2 fully saturated rings. The lowest BCUT2D eigenvalue weighted by Crippen LogP contribution is -2.60. The fourth-order valence-corrected chi connectivity index (χ4v) is 6.75. The third-order valence-electron chi connectivity index (χ3n) is 8.99. The number of hydrogen-bond donors (Lipinski definition) is 2. The van der Waals surface area contributed by atoms with Crippen molar-refractivity contribution in [2.45, 2.75) is 185 Å². The number of carbonyl (C=O) groups excluding carboxylic acids is 2. The minimum Gasteiger partial charge on any atom is -0.450 e. The molecule has 2 saturated carbocycles. The van der Waals surface area contributed by atoms with Gasteiger partial charge in [-0.25, -0.2) is 9.59 Å². The first kappa shape index (κ1) is 33.7. The molecule has 0 unspecified atom stereocenters. The van der Waals surface area contributed by atoms with Gasteiger partial charge in [0.2, 0.25) is 0 Å². The molecule has 228 valence electrons. The number of carbonyl (C=O) groups is 2. The van der Waals surface area contributed by atoms with Crippen LogP contribution in [0.5, 0.6) is 0 Å². The molecule has 0 spiro atoms. The summed E-state index contributed by atoms with van der Waals surface area (Å²) in [6, 6.07) is 0. The highest BCUT2D eigenvalue weighted by atomic mass is 16.6. The Morgan fingerprint density at radius 2 is 0.846 bits per heavy atom. The van der Waals surface area contributed by atoms with Gasteiger partial charge < -0.3 is 20.1 Å². The third kappa shape index (κ3) is 14.7. The zero-order valence-corrected chi connectivity index (χ0v) is 25.7. The van der Waals surface area contributed by atoms with Gasteiger partial charge in [-0.2, -0.15) is 0 Å². The number of ether oxygens (including phenoxy) is 2. The van der Waals surface area contributed by atoms with E-state index in [-0.39, 0.29) is 23.3 Å².